The van der Waals surface area contributed by atoms with Crippen LogP contribution in [-0.4, -0.2) is 52.9 Å². The molecular formula is C41H62F3NO3. The molecule has 4 aliphatic carbocycles. The molecule has 5 aliphatic rings. The van der Waals surface area contributed by atoms with Crippen molar-refractivity contribution in [3.8, 4) is 0 Å². The molecule has 0 bridgehead atoms. The van der Waals surface area contributed by atoms with Crippen LogP contribution < -0.4 is 0 Å². The molecule has 0 spiro atoms. The summed E-state index contributed by atoms with van der Waals surface area (Å²) in [5, 5.41) is 22.0. The lowest BCUT2D eigenvalue weighted by Crippen LogP contribution is -2.41. The van der Waals surface area contributed by atoms with Crippen molar-refractivity contribution in [1.29, 1.82) is 0 Å². The van der Waals surface area contributed by atoms with Gasteiger partial charge in [0.25, 0.3) is 0 Å². The molecule has 0 aromatic heterocycles. The Morgan fingerprint density at radius 3 is 2.44 bits per heavy atom. The second-order valence-electron chi connectivity index (χ2n) is 16.1. The quantitative estimate of drug-likeness (QED) is 0.160. The first-order valence-corrected chi connectivity index (χ1v) is 19.1. The molecule has 1 heterocycles. The van der Waals surface area contributed by atoms with E-state index in [2.05, 4.69) is 56.3 Å². The number of rotatable bonds is 12. The molecule has 5 rings (SSSR count). The molecule has 10 unspecified atom stereocenters. The Balaban J connectivity index is 1.22. The third-order valence-corrected chi connectivity index (χ3v) is 13.1. The summed E-state index contributed by atoms with van der Waals surface area (Å²) < 4.78 is 48.7. The fourth-order valence-corrected chi connectivity index (χ4v) is 10.1. The molecule has 1 aliphatic heterocycles. The van der Waals surface area contributed by atoms with E-state index in [0.717, 1.165) is 70.8 Å². The van der Waals surface area contributed by atoms with Gasteiger partial charge in [0.05, 0.1) is 18.1 Å². The minimum Gasteiger partial charge on any atom is -0.388 e. The molecule has 10 atom stereocenters. The summed E-state index contributed by atoms with van der Waals surface area (Å²) in [4.78, 5) is 2.45. The first-order valence-electron chi connectivity index (χ1n) is 19.1. The Morgan fingerprint density at radius 2 is 1.79 bits per heavy atom. The Labute approximate surface area is 288 Å². The highest BCUT2D eigenvalue weighted by atomic mass is 19.4. The molecule has 0 radical (unpaired) electrons. The van der Waals surface area contributed by atoms with Gasteiger partial charge in [0.1, 0.15) is 0 Å². The lowest BCUT2D eigenvalue weighted by molar-refractivity contribution is -0.205. The van der Waals surface area contributed by atoms with Crippen molar-refractivity contribution < 1.29 is 28.1 Å². The van der Waals surface area contributed by atoms with Crippen LogP contribution in [0.1, 0.15) is 104 Å². The Bertz CT molecular complexity index is 1180. The third-order valence-electron chi connectivity index (χ3n) is 13.1. The number of aliphatic hydroxyl groups is 2. The SMILES string of the molecule is C=CCC1C=CC(C2CCC(C(O)OCC)CC2)=CN1CC1CC(C(O)C(=C)C2CCC(C3CCC(C)C3)C(C(F)(F)F)C2)CC=C1C. The van der Waals surface area contributed by atoms with Crippen molar-refractivity contribution in [2.45, 2.75) is 129 Å². The fraction of sp³-hybridized carbons (Fsp3) is 0.756. The van der Waals surface area contributed by atoms with Crippen LogP contribution in [0.5, 0.6) is 0 Å². The van der Waals surface area contributed by atoms with Crippen molar-refractivity contribution in [2.75, 3.05) is 13.2 Å². The monoisotopic (exact) mass is 673 g/mol. The highest BCUT2D eigenvalue weighted by Gasteiger charge is 2.51. The van der Waals surface area contributed by atoms with Crippen LogP contribution in [0.3, 0.4) is 0 Å². The van der Waals surface area contributed by atoms with Gasteiger partial charge in [-0.25, -0.2) is 0 Å². The number of ether oxygens (including phenoxy) is 1. The zero-order chi connectivity index (χ0) is 34.6. The van der Waals surface area contributed by atoms with Crippen molar-refractivity contribution in [3.63, 3.8) is 0 Å². The molecule has 0 saturated heterocycles. The van der Waals surface area contributed by atoms with Crippen molar-refractivity contribution in [3.05, 3.63) is 60.4 Å². The van der Waals surface area contributed by atoms with Crippen LogP contribution >= 0.6 is 0 Å². The van der Waals surface area contributed by atoms with E-state index in [1.807, 2.05) is 13.0 Å². The minimum atomic E-state index is -4.21. The van der Waals surface area contributed by atoms with E-state index in [4.69, 9.17) is 4.74 Å². The van der Waals surface area contributed by atoms with Crippen LogP contribution in [0, 0.1) is 53.3 Å². The van der Waals surface area contributed by atoms with Crippen LogP contribution in [-0.2, 0) is 4.74 Å². The molecule has 0 aromatic carbocycles. The van der Waals surface area contributed by atoms with Gasteiger partial charge in [0.2, 0.25) is 0 Å². The average Bonchev–Trinajstić information content (AvgIpc) is 3.51. The number of hydrogen-bond donors (Lipinski definition) is 2. The van der Waals surface area contributed by atoms with Gasteiger partial charge < -0.3 is 19.8 Å². The van der Waals surface area contributed by atoms with E-state index >= 15 is 0 Å². The van der Waals surface area contributed by atoms with Gasteiger partial charge in [-0.3, -0.25) is 0 Å². The summed E-state index contributed by atoms with van der Waals surface area (Å²) in [7, 11) is 0. The third kappa shape index (κ3) is 8.90. The zero-order valence-electron chi connectivity index (χ0n) is 29.7. The maximum absolute atomic E-state index is 14.4. The molecule has 3 fully saturated rings. The summed E-state index contributed by atoms with van der Waals surface area (Å²) in [5.74, 6) is -0.346. The molecule has 7 heteroatoms. The number of nitrogens with zero attached hydrogens (tertiary/aromatic N) is 1. The molecule has 2 N–H and O–H groups in total. The highest BCUT2D eigenvalue weighted by Crippen LogP contribution is 2.52. The van der Waals surface area contributed by atoms with Gasteiger partial charge in [-0.2, -0.15) is 13.2 Å². The molecule has 0 amide bonds. The second kappa shape index (κ2) is 16.5. The number of allylic oxidation sites excluding steroid dienone is 3. The van der Waals surface area contributed by atoms with Crippen LogP contribution in [0.2, 0.25) is 0 Å². The predicted molar refractivity (Wildman–Crippen MR) is 188 cm³/mol. The molecule has 3 saturated carbocycles. The van der Waals surface area contributed by atoms with Crippen molar-refractivity contribution in [2.24, 2.45) is 53.3 Å². The smallest absolute Gasteiger partial charge is 0.388 e. The molecule has 270 valence electrons. The molecule has 48 heavy (non-hydrogen) atoms. The standard InChI is InChI=1S/C41H62F3NO3/c1-6-8-36-19-17-34(29-13-15-30(16-14-29)40(47)48-7-2)24-45(36)25-35-22-33(12-10-27(35)4)39(46)28(5)31-18-20-37(32-11-9-26(3)21-32)38(23-31)41(42,43)44/h6,10,17,19,24,26,29-33,35-40,46-47H,1,5,7-9,11-16,18,20-23,25H2,2-4H3. The first-order chi connectivity index (χ1) is 22.9. The fourth-order valence-electron chi connectivity index (χ4n) is 10.1. The van der Waals surface area contributed by atoms with Gasteiger partial charge in [0.15, 0.2) is 6.29 Å². The zero-order valence-corrected chi connectivity index (χ0v) is 29.7. The number of aliphatic hydroxyl groups excluding tert-OH is 2. The largest absolute Gasteiger partial charge is 0.392 e. The van der Waals surface area contributed by atoms with Crippen LogP contribution in [0.4, 0.5) is 13.2 Å². The molecule has 4 nitrogen and oxygen atoms in total. The van der Waals surface area contributed by atoms with Gasteiger partial charge in [-0.05, 0) is 143 Å². The number of halogens is 3. The summed E-state index contributed by atoms with van der Waals surface area (Å²) in [6.07, 6.45) is 16.0. The first kappa shape index (κ1) is 37.4. The van der Waals surface area contributed by atoms with E-state index in [1.165, 1.54) is 11.1 Å². The van der Waals surface area contributed by atoms with Gasteiger partial charge in [0, 0.05) is 25.3 Å². The number of hydrogen-bond acceptors (Lipinski definition) is 4. The van der Waals surface area contributed by atoms with Crippen molar-refractivity contribution in [1.82, 2.24) is 4.90 Å². The summed E-state index contributed by atoms with van der Waals surface area (Å²) >= 11 is 0. The Hall–Kier alpha value is -1.83. The van der Waals surface area contributed by atoms with E-state index in [1.54, 1.807) is 0 Å². The van der Waals surface area contributed by atoms with Crippen LogP contribution in [0.15, 0.2) is 60.4 Å². The summed E-state index contributed by atoms with van der Waals surface area (Å²) in [6, 6.07) is 0.216. The van der Waals surface area contributed by atoms with E-state index in [-0.39, 0.29) is 48.0 Å². The maximum atomic E-state index is 14.4. The van der Waals surface area contributed by atoms with E-state index in [0.29, 0.717) is 36.9 Å². The molecule has 0 aromatic rings. The molecular weight excluding hydrogens is 611 g/mol. The summed E-state index contributed by atoms with van der Waals surface area (Å²) in [5.41, 5.74) is 3.28. The van der Waals surface area contributed by atoms with Gasteiger partial charge >= 0.3 is 6.18 Å². The maximum Gasteiger partial charge on any atom is 0.392 e. The second-order valence-corrected chi connectivity index (χ2v) is 16.1. The van der Waals surface area contributed by atoms with Crippen molar-refractivity contribution >= 4 is 0 Å². The lowest BCUT2D eigenvalue weighted by Gasteiger charge is -2.43. The predicted octanol–water partition coefficient (Wildman–Crippen LogP) is 9.77. The van der Waals surface area contributed by atoms with E-state index in [9.17, 15) is 23.4 Å². The van der Waals surface area contributed by atoms with E-state index < -0.39 is 24.5 Å². The number of alkyl halides is 3. The Morgan fingerprint density at radius 1 is 1.04 bits per heavy atom. The van der Waals surface area contributed by atoms with Gasteiger partial charge in [-0.15, -0.1) is 6.58 Å². The van der Waals surface area contributed by atoms with Crippen LogP contribution in [0.25, 0.3) is 0 Å². The normalized spacial score (nSPS) is 37.5. The lowest BCUT2D eigenvalue weighted by atomic mass is 9.65. The Kier molecular flexibility index (Phi) is 12.8. The summed E-state index contributed by atoms with van der Waals surface area (Å²) in [6.45, 7) is 15.9. The topological polar surface area (TPSA) is 52.9 Å². The average molecular weight is 674 g/mol. The highest BCUT2D eigenvalue weighted by molar-refractivity contribution is 5.28. The minimum absolute atomic E-state index is 0.0439. The van der Waals surface area contributed by atoms with Gasteiger partial charge in [-0.1, -0.05) is 49.8 Å².